The number of anilines is 1. The van der Waals surface area contributed by atoms with Crippen molar-refractivity contribution in [2.45, 2.75) is 37.5 Å². The van der Waals surface area contributed by atoms with Crippen LogP contribution >= 0.6 is 11.8 Å². The predicted molar refractivity (Wildman–Crippen MR) is 87.1 cm³/mol. The molecule has 21 heavy (non-hydrogen) atoms. The average molecular weight is 309 g/mol. The summed E-state index contributed by atoms with van der Waals surface area (Å²) in [5, 5.41) is 3.60. The van der Waals surface area contributed by atoms with Crippen LogP contribution in [0.25, 0.3) is 0 Å². The van der Waals surface area contributed by atoms with Gasteiger partial charge in [0, 0.05) is 10.9 Å². The zero-order chi connectivity index (χ0) is 15.3. The molecule has 0 amide bonds. The second kappa shape index (κ2) is 7.07. The number of benzene rings is 1. The lowest BCUT2D eigenvalue weighted by Gasteiger charge is -2.41. The maximum absolute atomic E-state index is 12.5. The van der Waals surface area contributed by atoms with Gasteiger partial charge in [-0.15, -0.1) is 0 Å². The first-order valence-corrected chi connectivity index (χ1v) is 8.38. The summed E-state index contributed by atoms with van der Waals surface area (Å²) >= 11 is 1.82. The molecule has 0 saturated carbocycles. The Kier molecular flexibility index (Phi) is 5.39. The Morgan fingerprint density at radius 2 is 2.14 bits per heavy atom. The second-order valence-corrected chi connectivity index (χ2v) is 6.61. The number of ether oxygens (including phenoxy) is 2. The van der Waals surface area contributed by atoms with Crippen molar-refractivity contribution in [1.29, 1.82) is 0 Å². The maximum Gasteiger partial charge on any atom is 0.332 e. The molecule has 0 spiro atoms. The van der Waals surface area contributed by atoms with E-state index in [1.807, 2.05) is 43.0 Å². The Morgan fingerprint density at radius 3 is 2.71 bits per heavy atom. The first-order valence-electron chi connectivity index (χ1n) is 7.33. The van der Waals surface area contributed by atoms with E-state index in [-0.39, 0.29) is 11.2 Å². The van der Waals surface area contributed by atoms with Crippen molar-refractivity contribution < 1.29 is 14.3 Å². The SMILES string of the molecule is CCOC(=O)C1(Nc2ccc(OC)cc2)CCCSC1C. The fourth-order valence-electron chi connectivity index (χ4n) is 2.63. The summed E-state index contributed by atoms with van der Waals surface area (Å²) in [5.74, 6) is 1.74. The zero-order valence-electron chi connectivity index (χ0n) is 12.8. The molecule has 1 N–H and O–H groups in total. The average Bonchev–Trinajstić information content (AvgIpc) is 2.50. The molecule has 1 fully saturated rings. The summed E-state index contributed by atoms with van der Waals surface area (Å²) < 4.78 is 10.5. The van der Waals surface area contributed by atoms with Crippen molar-refractivity contribution in [3.05, 3.63) is 24.3 Å². The highest BCUT2D eigenvalue weighted by Crippen LogP contribution is 2.38. The number of carbonyl (C=O) groups excluding carboxylic acids is 1. The van der Waals surface area contributed by atoms with Gasteiger partial charge in [0.1, 0.15) is 11.3 Å². The summed E-state index contributed by atoms with van der Waals surface area (Å²) in [6.45, 7) is 4.35. The molecule has 2 unspecified atom stereocenters. The topological polar surface area (TPSA) is 47.6 Å². The minimum atomic E-state index is -0.645. The van der Waals surface area contributed by atoms with E-state index in [9.17, 15) is 4.79 Å². The van der Waals surface area contributed by atoms with Gasteiger partial charge in [0.2, 0.25) is 0 Å². The number of carbonyl (C=O) groups is 1. The number of thioether (sulfide) groups is 1. The van der Waals surface area contributed by atoms with Crippen molar-refractivity contribution in [3.8, 4) is 5.75 Å². The summed E-state index contributed by atoms with van der Waals surface area (Å²) in [6, 6.07) is 7.65. The van der Waals surface area contributed by atoms with Crippen molar-refractivity contribution in [2.75, 3.05) is 24.8 Å². The predicted octanol–water partition coefficient (Wildman–Crippen LogP) is 3.32. The third kappa shape index (κ3) is 3.46. The van der Waals surface area contributed by atoms with Crippen molar-refractivity contribution in [2.24, 2.45) is 0 Å². The van der Waals surface area contributed by atoms with Crippen LogP contribution in [0.4, 0.5) is 5.69 Å². The van der Waals surface area contributed by atoms with Gasteiger partial charge < -0.3 is 14.8 Å². The van der Waals surface area contributed by atoms with Crippen molar-refractivity contribution in [1.82, 2.24) is 0 Å². The van der Waals surface area contributed by atoms with Crippen LogP contribution < -0.4 is 10.1 Å². The number of nitrogens with one attached hydrogen (secondary N) is 1. The molecule has 1 heterocycles. The summed E-state index contributed by atoms with van der Waals surface area (Å²) in [7, 11) is 1.64. The Morgan fingerprint density at radius 1 is 1.43 bits per heavy atom. The smallest absolute Gasteiger partial charge is 0.332 e. The lowest BCUT2D eigenvalue weighted by Crippen LogP contribution is -2.56. The van der Waals surface area contributed by atoms with Crippen molar-refractivity contribution in [3.63, 3.8) is 0 Å². The highest BCUT2D eigenvalue weighted by Gasteiger charge is 2.46. The van der Waals surface area contributed by atoms with E-state index in [2.05, 4.69) is 12.2 Å². The molecule has 2 rings (SSSR count). The third-order valence-electron chi connectivity index (χ3n) is 3.87. The summed E-state index contributed by atoms with van der Waals surface area (Å²) in [4.78, 5) is 12.5. The number of hydrogen-bond acceptors (Lipinski definition) is 5. The molecule has 1 aliphatic rings. The lowest BCUT2D eigenvalue weighted by atomic mass is 9.89. The van der Waals surface area contributed by atoms with Crippen LogP contribution in [0.5, 0.6) is 5.75 Å². The highest BCUT2D eigenvalue weighted by molar-refractivity contribution is 8.00. The molecule has 1 aromatic rings. The van der Waals surface area contributed by atoms with Gasteiger partial charge in [0.15, 0.2) is 0 Å². The monoisotopic (exact) mass is 309 g/mol. The normalized spacial score (nSPS) is 25.2. The molecule has 5 heteroatoms. The molecule has 2 atom stereocenters. The lowest BCUT2D eigenvalue weighted by molar-refractivity contribution is -0.148. The highest BCUT2D eigenvalue weighted by atomic mass is 32.2. The Labute approximate surface area is 130 Å². The first-order chi connectivity index (χ1) is 10.1. The molecule has 1 saturated heterocycles. The van der Waals surface area contributed by atoms with E-state index in [1.165, 1.54) is 0 Å². The van der Waals surface area contributed by atoms with Crippen LogP contribution in [-0.4, -0.2) is 36.2 Å². The van der Waals surface area contributed by atoms with Crippen molar-refractivity contribution >= 4 is 23.4 Å². The first kappa shape index (κ1) is 16.0. The van der Waals surface area contributed by atoms with Gasteiger partial charge >= 0.3 is 5.97 Å². The van der Waals surface area contributed by atoms with E-state index < -0.39 is 5.54 Å². The van der Waals surface area contributed by atoms with Gasteiger partial charge in [-0.05, 0) is 49.8 Å². The van der Waals surface area contributed by atoms with E-state index in [4.69, 9.17) is 9.47 Å². The molecular weight excluding hydrogens is 286 g/mol. The Balaban J connectivity index is 2.24. The van der Waals surface area contributed by atoms with Gasteiger partial charge in [0.05, 0.1) is 13.7 Å². The summed E-state index contributed by atoms with van der Waals surface area (Å²) in [5.41, 5.74) is 0.270. The van der Waals surface area contributed by atoms with Crippen LogP contribution in [-0.2, 0) is 9.53 Å². The fourth-order valence-corrected chi connectivity index (χ4v) is 3.85. The van der Waals surface area contributed by atoms with Crippen LogP contribution in [0.1, 0.15) is 26.7 Å². The minimum absolute atomic E-state index is 0.152. The molecule has 1 aliphatic heterocycles. The van der Waals surface area contributed by atoms with E-state index in [0.29, 0.717) is 6.61 Å². The Hall–Kier alpha value is -1.36. The quantitative estimate of drug-likeness (QED) is 0.846. The van der Waals surface area contributed by atoms with Gasteiger partial charge in [-0.1, -0.05) is 6.92 Å². The maximum atomic E-state index is 12.5. The third-order valence-corrected chi connectivity index (χ3v) is 5.30. The van der Waals surface area contributed by atoms with Crippen LogP contribution in [0.3, 0.4) is 0 Å². The molecule has 116 valence electrons. The number of methoxy groups -OCH3 is 1. The second-order valence-electron chi connectivity index (χ2n) is 5.16. The standard InChI is InChI=1S/C16H23NO3S/c1-4-20-15(18)16(10-5-11-21-12(16)2)17-13-6-8-14(19-3)9-7-13/h6-9,12,17H,4-5,10-11H2,1-3H3. The van der Waals surface area contributed by atoms with Gasteiger partial charge in [-0.3, -0.25) is 0 Å². The molecule has 0 aromatic heterocycles. The molecule has 0 radical (unpaired) electrons. The van der Waals surface area contributed by atoms with Gasteiger partial charge in [-0.25, -0.2) is 4.79 Å². The summed E-state index contributed by atoms with van der Waals surface area (Å²) in [6.07, 6.45) is 1.81. The largest absolute Gasteiger partial charge is 0.497 e. The molecular formula is C16H23NO3S. The Bertz CT molecular complexity index is 477. The molecule has 0 aliphatic carbocycles. The molecule has 0 bridgehead atoms. The van der Waals surface area contributed by atoms with Crippen LogP contribution in [0.15, 0.2) is 24.3 Å². The number of rotatable bonds is 5. The van der Waals surface area contributed by atoms with Gasteiger partial charge in [-0.2, -0.15) is 11.8 Å². The molecule has 1 aromatic carbocycles. The minimum Gasteiger partial charge on any atom is -0.497 e. The van der Waals surface area contributed by atoms with Crippen LogP contribution in [0, 0.1) is 0 Å². The molecule has 4 nitrogen and oxygen atoms in total. The van der Waals surface area contributed by atoms with Crippen LogP contribution in [0.2, 0.25) is 0 Å². The fraction of sp³-hybridized carbons (Fsp3) is 0.562. The number of esters is 1. The number of hydrogen-bond donors (Lipinski definition) is 1. The van der Waals surface area contributed by atoms with E-state index in [0.717, 1.165) is 30.0 Å². The zero-order valence-corrected chi connectivity index (χ0v) is 13.7. The van der Waals surface area contributed by atoms with Gasteiger partial charge in [0.25, 0.3) is 0 Å². The van der Waals surface area contributed by atoms with E-state index in [1.54, 1.807) is 7.11 Å². The van der Waals surface area contributed by atoms with E-state index >= 15 is 0 Å².